The number of amides is 4. The molecule has 6 atom stereocenters. The van der Waals surface area contributed by atoms with E-state index in [0.717, 1.165) is 44.1 Å². The number of aromatic nitrogens is 15. The third kappa shape index (κ3) is 21.4. The lowest BCUT2D eigenvalue weighted by molar-refractivity contribution is -0.148. The molecule has 9 heterocycles. The van der Waals surface area contributed by atoms with Crippen molar-refractivity contribution >= 4 is 82.5 Å². The van der Waals surface area contributed by atoms with Crippen LogP contribution in [-0.4, -0.2) is 156 Å². The number of benzene rings is 6. The number of esters is 1. The molecule has 0 radical (unpaired) electrons. The predicted octanol–water partition coefficient (Wildman–Crippen LogP) is 19.6. The second-order valence-corrected chi connectivity index (χ2v) is 41.4. The van der Waals surface area contributed by atoms with E-state index >= 15 is 4.79 Å². The highest BCUT2D eigenvalue weighted by atomic mass is 35.5. The van der Waals surface area contributed by atoms with E-state index in [1.54, 1.807) is 120 Å². The van der Waals surface area contributed by atoms with E-state index in [9.17, 15) is 45.5 Å². The number of aromatic amines is 1. The van der Waals surface area contributed by atoms with Crippen LogP contribution in [0.4, 0.5) is 31.1 Å². The topological polar surface area (TPSA) is 397 Å². The Morgan fingerprint density at radius 2 is 0.907 bits per heavy atom. The number of carbonyl (C=O) groups is 5. The fourth-order valence-corrected chi connectivity index (χ4v) is 18.8. The summed E-state index contributed by atoms with van der Waals surface area (Å²) >= 11 is 19.8. The average molecular weight is 1980 g/mol. The van der Waals surface area contributed by atoms with Crippen molar-refractivity contribution in [3.63, 3.8) is 0 Å². The van der Waals surface area contributed by atoms with Gasteiger partial charge in [0.25, 0.3) is 17.7 Å². The SMILES string of the molecule is CC(C)(C)C[C@]1(c2ccc(-c3cnn(C(F)F)c3)cc2)N=C(N)N([C@H](COC(=O)CC2(C)CC2)c2ccc(Cl)c(-c3ncnn3C3CC3)c2)C1=O.CC[C@H](c1ccc(Cl)c(-c2ncn[nH]2)c1)N1C(=O)[C@@](CC(C)(C)C)(c2ccc(-c3cnn(C(F)F)c3)cc2)N=C1N.Cn1cc(-c2cc([C@@H](COC(=O)NC3CC3)N3C(=O)[C@@](CC(C)(C)C)(c4ccc(-c5cnn(C(F)F)c5)cc4)N=C3N)ccc2Cl)nn1. The van der Waals surface area contributed by atoms with Gasteiger partial charge in [-0.15, -0.1) is 5.10 Å². The number of H-pyrrole nitrogens is 1. The summed E-state index contributed by atoms with van der Waals surface area (Å²) in [4.78, 5) is 97.8. The molecule has 0 unspecified atom stereocenters. The summed E-state index contributed by atoms with van der Waals surface area (Å²) in [7, 11) is 1.74. The second-order valence-electron chi connectivity index (χ2n) is 40.2. The zero-order valence-electron chi connectivity index (χ0n) is 79.1. The van der Waals surface area contributed by atoms with Gasteiger partial charge in [-0.3, -0.25) is 43.7 Å². The minimum Gasteiger partial charge on any atom is -0.463 e. The molecule has 140 heavy (non-hydrogen) atoms. The fourth-order valence-electron chi connectivity index (χ4n) is 18.2. The van der Waals surface area contributed by atoms with Gasteiger partial charge in [-0.2, -0.15) is 51.8 Å². The maximum Gasteiger partial charge on any atom is 0.407 e. The molecule has 3 aliphatic heterocycles. The van der Waals surface area contributed by atoms with Crippen LogP contribution in [0.15, 0.2) is 198 Å². The Morgan fingerprint density at radius 1 is 0.507 bits per heavy atom. The van der Waals surface area contributed by atoms with Crippen LogP contribution in [0.5, 0.6) is 0 Å². The first-order valence-corrected chi connectivity index (χ1v) is 46.9. The number of hydrogen-bond acceptors (Lipinski definition) is 22. The Hall–Kier alpha value is -13.6. The lowest BCUT2D eigenvalue weighted by Crippen LogP contribution is -2.47. The van der Waals surface area contributed by atoms with E-state index in [-0.39, 0.29) is 89.0 Å². The summed E-state index contributed by atoms with van der Waals surface area (Å²) in [5.41, 5.74) is 24.5. The fraction of sp³-hybridized carbons (Fsp3) is 0.404. The highest BCUT2D eigenvalue weighted by molar-refractivity contribution is 6.34. The Labute approximate surface area is 818 Å². The number of nitrogens with one attached hydrogen (secondary N) is 2. The van der Waals surface area contributed by atoms with Crippen LogP contribution in [0, 0.1) is 21.7 Å². The molecule has 3 saturated carbocycles. The number of hydrogen-bond donors (Lipinski definition) is 5. The van der Waals surface area contributed by atoms with Gasteiger partial charge in [0.05, 0.1) is 70.4 Å². The van der Waals surface area contributed by atoms with Crippen molar-refractivity contribution in [1.29, 1.82) is 0 Å². The Kier molecular flexibility index (Phi) is 27.8. The molecular weight excluding hydrogens is 1870 g/mol. The number of guanidine groups is 3. The Bertz CT molecular complexity index is 6690. The quantitative estimate of drug-likeness (QED) is 0.0206. The van der Waals surface area contributed by atoms with Gasteiger partial charge in [0.2, 0.25) is 0 Å². The number of nitrogens with zero attached hydrogens (tertiary/aromatic N) is 20. The minimum absolute atomic E-state index is 0.0145. The summed E-state index contributed by atoms with van der Waals surface area (Å²) in [5.74, 6) is -0.161. The van der Waals surface area contributed by atoms with Gasteiger partial charge in [0.1, 0.15) is 31.6 Å². The number of ether oxygens (including phenoxy) is 2. The first-order valence-electron chi connectivity index (χ1n) is 45.8. The molecule has 18 rings (SSSR count). The highest BCUT2D eigenvalue weighted by Gasteiger charge is 2.57. The molecule has 6 aromatic heterocycles. The molecule has 3 aliphatic carbocycles. The molecule has 12 aromatic rings. The normalized spacial score (nSPS) is 19.2. The average Bonchev–Trinajstić information content (AvgIpc) is 1.58. The first kappa shape index (κ1) is 99.4. The maximum atomic E-state index is 15.0. The molecule has 0 saturated heterocycles. The molecule has 0 spiro atoms. The molecule has 6 aliphatic rings. The molecule has 734 valence electrons. The number of alkyl halides is 6. The standard InChI is InChI=1S/C37H41ClF2N8O3.C33H36ClF2N9O3.C29H31ClF2N8O/c1-35(2,3)20-37(25-8-5-22(6-9-25)24-17-43-46(18-24)33(39)40)32(50)47(34(41)45-37)29(19-51-30(49)16-36(4)13-14-36)23-7-12-28(38)27(15-23)31-42-21-44-48(31)26-10-11-26;1-32(2,3)18-33(22-8-5-19(6-9-22)21-14-38-44(15-21)29(35)36)28(46)45(30(37)40-33)27(17-48-31(47)39-23-10-11-23)20-7-12-25(34)24(13-20)26-16-43(4)42-41-26;1-5-23(18-8-11-22(30)21(12-18)24-34-16-35-38-24)40-25(41)29(37-27(40)33,15-28(2,3)4)20-9-6-17(7-10-20)19-13-36-39(14-19)26(31)32/h5-9,12,15,17-18,21,26,29,33H,10-11,13-14,16,19-20H2,1-4H3,(H2,41,45);5-9,12-16,23,27,29H,10-11,17-18H2,1-4H3,(H2,37,40)(H,39,47);6-14,16,23,26H,5,15H2,1-4H3,(H2,33,37)(H,34,35,38)/t29-,37-;27-,33-;23-,29-/m111/s1. The second kappa shape index (κ2) is 39.2. The van der Waals surface area contributed by atoms with Crippen LogP contribution >= 0.6 is 34.8 Å². The molecule has 32 nitrogen and oxygen atoms in total. The largest absolute Gasteiger partial charge is 0.463 e. The van der Waals surface area contributed by atoms with Crippen LogP contribution in [0.2, 0.25) is 15.1 Å². The molecule has 4 amide bonds. The van der Waals surface area contributed by atoms with Crippen LogP contribution < -0.4 is 22.5 Å². The minimum atomic E-state index is -2.76. The summed E-state index contributed by atoms with van der Waals surface area (Å²) in [6.45, 7) is 13.6. The third-order valence-electron chi connectivity index (χ3n) is 25.3. The van der Waals surface area contributed by atoms with Crippen molar-refractivity contribution in [3.05, 3.63) is 232 Å². The maximum absolute atomic E-state index is 15.0. The molecule has 3 fully saturated rings. The number of nitrogens with two attached hydrogens (primary N) is 3. The number of halogens is 9. The van der Waals surface area contributed by atoms with Crippen molar-refractivity contribution in [2.75, 3.05) is 13.2 Å². The van der Waals surface area contributed by atoms with E-state index in [0.29, 0.717) is 150 Å². The monoisotopic (exact) mass is 1980 g/mol. The van der Waals surface area contributed by atoms with Crippen molar-refractivity contribution in [3.8, 4) is 67.4 Å². The molecule has 0 bridgehead atoms. The summed E-state index contributed by atoms with van der Waals surface area (Å²) in [6.07, 6.45) is 19.5. The number of carbonyl (C=O) groups excluding carboxylic acids is 5. The van der Waals surface area contributed by atoms with E-state index in [2.05, 4.69) is 63.1 Å². The highest BCUT2D eigenvalue weighted by Crippen LogP contribution is 2.53. The van der Waals surface area contributed by atoms with Crippen LogP contribution in [-0.2, 0) is 52.3 Å². The summed E-state index contributed by atoms with van der Waals surface area (Å²) in [6, 6.07) is 35.5. The van der Waals surface area contributed by atoms with Crippen molar-refractivity contribution in [2.24, 2.45) is 60.9 Å². The molecule has 41 heteroatoms. The van der Waals surface area contributed by atoms with E-state index in [1.807, 2.05) is 104 Å². The van der Waals surface area contributed by atoms with Crippen molar-refractivity contribution in [1.82, 2.24) is 94.3 Å². The number of aliphatic imine (C=N–C) groups is 3. The summed E-state index contributed by atoms with van der Waals surface area (Å²) in [5, 5.41) is 34.8. The Morgan fingerprint density at radius 3 is 1.28 bits per heavy atom. The lowest BCUT2D eigenvalue weighted by atomic mass is 9.75. The van der Waals surface area contributed by atoms with E-state index < -0.39 is 66.4 Å². The smallest absolute Gasteiger partial charge is 0.407 e. The third-order valence-corrected chi connectivity index (χ3v) is 26.3. The van der Waals surface area contributed by atoms with E-state index in [4.69, 9.17) is 76.5 Å². The predicted molar refractivity (Wildman–Crippen MR) is 515 cm³/mol. The lowest BCUT2D eigenvalue weighted by Gasteiger charge is -2.35. The Balaban J connectivity index is 0.000000152. The van der Waals surface area contributed by atoms with Crippen LogP contribution in [0.25, 0.3) is 67.4 Å². The van der Waals surface area contributed by atoms with E-state index in [1.165, 1.54) is 59.6 Å². The van der Waals surface area contributed by atoms with Crippen molar-refractivity contribution in [2.45, 2.75) is 213 Å². The van der Waals surface area contributed by atoms with Gasteiger partial charge in [0, 0.05) is 65.1 Å². The van der Waals surface area contributed by atoms with Crippen LogP contribution in [0.1, 0.15) is 224 Å². The van der Waals surface area contributed by atoms with Gasteiger partial charge >= 0.3 is 31.7 Å². The number of alkyl carbamates (subject to hydrolysis) is 1. The van der Waals surface area contributed by atoms with Crippen molar-refractivity contribution < 1.29 is 59.8 Å². The van der Waals surface area contributed by atoms with Gasteiger partial charge < -0.3 is 32.0 Å². The zero-order valence-corrected chi connectivity index (χ0v) is 81.3. The number of rotatable bonds is 30. The molecule has 8 N–H and O–H groups in total. The van der Waals surface area contributed by atoms with Gasteiger partial charge in [0.15, 0.2) is 46.1 Å². The molecule has 6 aromatic carbocycles. The van der Waals surface area contributed by atoms with Gasteiger partial charge in [-0.1, -0.05) is 207 Å². The number of aryl methyl sites for hydroxylation is 1. The van der Waals surface area contributed by atoms with Gasteiger partial charge in [-0.05, 0) is 172 Å². The van der Waals surface area contributed by atoms with Crippen LogP contribution in [0.3, 0.4) is 0 Å². The van der Waals surface area contributed by atoms with Gasteiger partial charge in [-0.25, -0.2) is 48.5 Å². The summed E-state index contributed by atoms with van der Waals surface area (Å²) < 4.78 is 95.5. The first-order chi connectivity index (χ1) is 66.3. The molecular formula is C99H108Cl3F6N25O7. The zero-order chi connectivity index (χ0) is 100.